The van der Waals surface area contributed by atoms with Gasteiger partial charge in [-0.3, -0.25) is 9.59 Å². The van der Waals surface area contributed by atoms with Crippen molar-refractivity contribution in [1.29, 1.82) is 0 Å². The molecule has 3 atom stereocenters. The maximum atomic E-state index is 14.3. The molecule has 14 heteroatoms. The first kappa shape index (κ1) is 28.7. The number of fused-ring (bicyclic) bond motifs is 2. The Morgan fingerprint density at radius 1 is 1.15 bits per heavy atom. The van der Waals surface area contributed by atoms with Gasteiger partial charge in [-0.15, -0.1) is 11.3 Å². The molecule has 4 heterocycles. The Labute approximate surface area is 231 Å². The zero-order chi connectivity index (χ0) is 28.8. The Morgan fingerprint density at radius 2 is 1.82 bits per heavy atom. The van der Waals surface area contributed by atoms with E-state index >= 15 is 0 Å². The minimum absolute atomic E-state index is 0.00517. The minimum atomic E-state index is -4.61. The number of halogens is 5. The van der Waals surface area contributed by atoms with Crippen molar-refractivity contribution >= 4 is 29.0 Å². The summed E-state index contributed by atoms with van der Waals surface area (Å²) in [4.78, 5) is 36.8. The monoisotopic (exact) mass is 587 g/mol. The molecule has 1 aliphatic carbocycles. The van der Waals surface area contributed by atoms with E-state index in [9.17, 15) is 36.6 Å². The van der Waals surface area contributed by atoms with Crippen LogP contribution in [-0.4, -0.2) is 68.2 Å². The second kappa shape index (κ2) is 11.2. The molecule has 0 spiro atoms. The first-order valence-electron chi connectivity index (χ1n) is 13.4. The molecular weight excluding hydrogens is 557 g/mol. The summed E-state index contributed by atoms with van der Waals surface area (Å²) < 4.78 is 68.4. The van der Waals surface area contributed by atoms with Crippen molar-refractivity contribution in [3.8, 4) is 10.4 Å². The van der Waals surface area contributed by atoms with E-state index in [1.165, 1.54) is 6.92 Å². The SMILES string of the molecule is CC[C@H](Nc1cc(C(F)F)c(-c2sc(C(=O)N[C@H]3CCC[C@@H]3O)nc2C(=O)N2[C@H]3CC[C@H]2CC3)cn1)C(F)(F)F. The van der Waals surface area contributed by atoms with Crippen LogP contribution in [0.4, 0.5) is 27.8 Å². The summed E-state index contributed by atoms with van der Waals surface area (Å²) in [6.45, 7) is 1.31. The van der Waals surface area contributed by atoms with Gasteiger partial charge in [0, 0.05) is 29.4 Å². The molecular formula is C26H30F5N5O3S. The Kier molecular flexibility index (Phi) is 8.01. The molecule has 1 saturated carbocycles. The number of thiazole rings is 1. The van der Waals surface area contributed by atoms with Gasteiger partial charge >= 0.3 is 6.18 Å². The second-order valence-electron chi connectivity index (χ2n) is 10.6. The van der Waals surface area contributed by atoms with Gasteiger partial charge in [0.2, 0.25) is 0 Å². The van der Waals surface area contributed by atoms with Crippen molar-refractivity contribution in [2.45, 2.75) is 101 Å². The first-order valence-corrected chi connectivity index (χ1v) is 14.2. The van der Waals surface area contributed by atoms with E-state index in [4.69, 9.17) is 0 Å². The van der Waals surface area contributed by atoms with E-state index in [1.807, 2.05) is 0 Å². The number of aliphatic hydroxyl groups is 1. The summed E-state index contributed by atoms with van der Waals surface area (Å²) in [7, 11) is 0. The van der Waals surface area contributed by atoms with Crippen molar-refractivity contribution < 1.29 is 36.6 Å². The third-order valence-electron chi connectivity index (χ3n) is 8.05. The minimum Gasteiger partial charge on any atom is -0.391 e. The molecule has 40 heavy (non-hydrogen) atoms. The standard InChI is InChI=1S/C26H30F5N5O3S/c1-2-18(26(29,30)31)34-19-10-14(22(27)28)15(11-32-19)21-20(25(39)36-12-6-7-13(36)9-8-12)35-24(40-21)23(38)33-16-4-3-5-17(16)37/h10-13,16-18,22,37H,2-9H2,1H3,(H,32,34)(H,33,38)/t12-,13-,16-,17-,18-/m0/s1. The van der Waals surface area contributed by atoms with Crippen LogP contribution in [0.25, 0.3) is 10.4 Å². The van der Waals surface area contributed by atoms with Gasteiger partial charge in [0.25, 0.3) is 18.2 Å². The third kappa shape index (κ3) is 5.52. The average Bonchev–Trinajstić information content (AvgIpc) is 3.70. The molecule has 3 N–H and O–H groups in total. The number of anilines is 1. The van der Waals surface area contributed by atoms with E-state index < -0.39 is 48.2 Å². The van der Waals surface area contributed by atoms with E-state index in [0.29, 0.717) is 12.8 Å². The Hall–Kier alpha value is -2.87. The highest BCUT2D eigenvalue weighted by molar-refractivity contribution is 7.17. The highest BCUT2D eigenvalue weighted by atomic mass is 32.1. The molecule has 218 valence electrons. The van der Waals surface area contributed by atoms with Gasteiger partial charge in [0.15, 0.2) is 5.01 Å². The largest absolute Gasteiger partial charge is 0.408 e. The lowest BCUT2D eigenvalue weighted by Crippen LogP contribution is -2.40. The summed E-state index contributed by atoms with van der Waals surface area (Å²) in [6.07, 6.45) is -2.65. The smallest absolute Gasteiger partial charge is 0.391 e. The lowest BCUT2D eigenvalue weighted by Gasteiger charge is -2.22. The molecule has 2 aliphatic heterocycles. The predicted molar refractivity (Wildman–Crippen MR) is 137 cm³/mol. The van der Waals surface area contributed by atoms with Crippen LogP contribution in [-0.2, 0) is 0 Å². The number of nitrogens with zero attached hydrogens (tertiary/aromatic N) is 3. The number of aliphatic hydroxyl groups excluding tert-OH is 1. The van der Waals surface area contributed by atoms with Crippen LogP contribution in [0.15, 0.2) is 12.3 Å². The number of carbonyl (C=O) groups excluding carboxylic acids is 2. The van der Waals surface area contributed by atoms with Crippen LogP contribution < -0.4 is 10.6 Å². The van der Waals surface area contributed by atoms with Crippen molar-refractivity contribution in [3.63, 3.8) is 0 Å². The highest BCUT2D eigenvalue weighted by Crippen LogP contribution is 2.42. The van der Waals surface area contributed by atoms with Crippen LogP contribution in [0.2, 0.25) is 0 Å². The van der Waals surface area contributed by atoms with Gasteiger partial charge in [-0.2, -0.15) is 13.2 Å². The summed E-state index contributed by atoms with van der Waals surface area (Å²) in [6, 6.07) is -1.62. The van der Waals surface area contributed by atoms with Crippen LogP contribution in [0.5, 0.6) is 0 Å². The Bertz CT molecular complexity index is 1250. The maximum absolute atomic E-state index is 14.3. The van der Waals surface area contributed by atoms with Gasteiger partial charge in [-0.25, -0.2) is 18.7 Å². The summed E-state index contributed by atoms with van der Waals surface area (Å²) in [5.74, 6) is -1.49. The van der Waals surface area contributed by atoms with Crippen molar-refractivity contribution in [3.05, 3.63) is 28.5 Å². The highest BCUT2D eigenvalue weighted by Gasteiger charge is 2.44. The number of hydrogen-bond donors (Lipinski definition) is 3. The normalized spacial score (nSPS) is 25.1. The number of amides is 2. The van der Waals surface area contributed by atoms with Crippen molar-refractivity contribution in [2.24, 2.45) is 0 Å². The fourth-order valence-corrected chi connectivity index (χ4v) is 6.96. The molecule has 2 saturated heterocycles. The molecule has 0 radical (unpaired) electrons. The summed E-state index contributed by atoms with van der Waals surface area (Å²) in [5, 5.41) is 14.9. The topological polar surface area (TPSA) is 107 Å². The van der Waals surface area contributed by atoms with Gasteiger partial charge in [0.05, 0.1) is 17.0 Å². The van der Waals surface area contributed by atoms with Gasteiger partial charge in [0.1, 0.15) is 17.6 Å². The molecule has 0 unspecified atom stereocenters. The first-order chi connectivity index (χ1) is 19.0. The number of hydrogen-bond acceptors (Lipinski definition) is 7. The van der Waals surface area contributed by atoms with E-state index in [0.717, 1.165) is 55.7 Å². The lowest BCUT2D eigenvalue weighted by atomic mass is 10.0. The van der Waals surface area contributed by atoms with E-state index in [2.05, 4.69) is 20.6 Å². The predicted octanol–water partition coefficient (Wildman–Crippen LogP) is 5.31. The fraction of sp³-hybridized carbons (Fsp3) is 0.615. The van der Waals surface area contributed by atoms with Gasteiger partial charge < -0.3 is 20.6 Å². The number of alkyl halides is 5. The molecule has 2 aromatic rings. The number of nitrogens with one attached hydrogen (secondary N) is 2. The van der Waals surface area contributed by atoms with Crippen molar-refractivity contribution in [1.82, 2.24) is 20.2 Å². The van der Waals surface area contributed by atoms with Gasteiger partial charge in [-0.1, -0.05) is 6.92 Å². The zero-order valence-corrected chi connectivity index (χ0v) is 22.5. The Balaban J connectivity index is 1.53. The second-order valence-corrected chi connectivity index (χ2v) is 11.6. The number of pyridine rings is 1. The van der Waals surface area contributed by atoms with Crippen LogP contribution in [0.1, 0.15) is 90.6 Å². The molecule has 3 fully saturated rings. The van der Waals surface area contributed by atoms with E-state index in [-0.39, 0.29) is 45.5 Å². The lowest BCUT2D eigenvalue weighted by molar-refractivity contribution is -0.142. The van der Waals surface area contributed by atoms with Crippen LogP contribution in [0.3, 0.4) is 0 Å². The molecule has 3 aliphatic rings. The number of aromatic nitrogens is 2. The molecule has 8 nitrogen and oxygen atoms in total. The Morgan fingerprint density at radius 3 is 2.38 bits per heavy atom. The molecule has 5 rings (SSSR count). The van der Waals surface area contributed by atoms with Gasteiger partial charge in [-0.05, 0) is 57.4 Å². The molecule has 2 amide bonds. The zero-order valence-electron chi connectivity index (χ0n) is 21.7. The van der Waals surface area contributed by atoms with Crippen LogP contribution in [0, 0.1) is 0 Å². The number of rotatable bonds is 8. The molecule has 0 aromatic carbocycles. The quantitative estimate of drug-likeness (QED) is 0.362. The van der Waals surface area contributed by atoms with E-state index in [1.54, 1.807) is 4.90 Å². The van der Waals surface area contributed by atoms with Crippen LogP contribution >= 0.6 is 11.3 Å². The average molecular weight is 588 g/mol. The summed E-state index contributed by atoms with van der Waals surface area (Å²) >= 11 is 0.749. The number of carbonyl (C=O) groups is 2. The third-order valence-corrected chi connectivity index (χ3v) is 9.14. The molecule has 2 aromatic heterocycles. The maximum Gasteiger partial charge on any atom is 0.408 e. The molecule has 2 bridgehead atoms. The fourth-order valence-electron chi connectivity index (χ4n) is 5.96. The van der Waals surface area contributed by atoms with Crippen molar-refractivity contribution in [2.75, 3.05) is 5.32 Å². The summed E-state index contributed by atoms with van der Waals surface area (Å²) in [5.41, 5.74) is -0.963.